The Balaban J connectivity index is 1.84. The van der Waals surface area contributed by atoms with Gasteiger partial charge in [-0.25, -0.2) is 9.78 Å². The van der Waals surface area contributed by atoms with Gasteiger partial charge >= 0.3 is 5.97 Å². The van der Waals surface area contributed by atoms with Crippen molar-refractivity contribution in [1.82, 2.24) is 30.2 Å². The zero-order chi connectivity index (χ0) is 23.6. The quantitative estimate of drug-likeness (QED) is 0.413. The van der Waals surface area contributed by atoms with Gasteiger partial charge in [-0.2, -0.15) is 5.21 Å². The number of benzene rings is 2. The normalized spacial score (nSPS) is 11.5. The Hall–Kier alpha value is -3.89. The molecule has 10 nitrogen and oxygen atoms in total. The molecule has 2 heterocycles. The number of tetrazole rings is 1. The lowest BCUT2D eigenvalue weighted by atomic mass is 9.99. The third-order valence-electron chi connectivity index (χ3n) is 5.13. The third kappa shape index (κ3) is 4.26. The molecule has 0 saturated carbocycles. The molecule has 0 saturated heterocycles. The van der Waals surface area contributed by atoms with E-state index in [4.69, 9.17) is 9.47 Å². The number of aromatic nitrogens is 6. The van der Waals surface area contributed by atoms with Gasteiger partial charge in [0.2, 0.25) is 5.82 Å². The summed E-state index contributed by atoms with van der Waals surface area (Å²) >= 11 is 0. The van der Waals surface area contributed by atoms with Crippen molar-refractivity contribution in [3.63, 3.8) is 0 Å². The Morgan fingerprint density at radius 1 is 1.09 bits per heavy atom. The highest BCUT2D eigenvalue weighted by Gasteiger charge is 2.33. The number of methoxy groups -OCH3 is 2. The number of nitrogens with one attached hydrogen (secondary N) is 1. The van der Waals surface area contributed by atoms with Crippen LogP contribution in [0.5, 0.6) is 0 Å². The summed E-state index contributed by atoms with van der Waals surface area (Å²) in [6.07, 6.45) is 0. The molecule has 4 aromatic rings. The number of ether oxygens (including phenoxy) is 2. The SMILES string of the molecule is COCc1nc(C(C)(C)O)c(C(=O)OC)n1-c1ccc(-c2ccccc2-c2nn[nH]n2)cc1. The average molecular weight is 448 g/mol. The van der Waals surface area contributed by atoms with E-state index in [-0.39, 0.29) is 18.0 Å². The standard InChI is InChI=1S/C23H24N6O4/c1-23(2,31)20-19(22(30)33-4)29(18(24-20)13-32-3)15-11-9-14(10-12-15)16-7-5-6-8-17(16)21-25-27-28-26-21/h5-12,31H,13H2,1-4H3,(H,25,26,27,28). The Morgan fingerprint density at radius 3 is 2.36 bits per heavy atom. The van der Waals surface area contributed by atoms with Crippen LogP contribution in [0.2, 0.25) is 0 Å². The Kier molecular flexibility index (Phi) is 6.03. The molecule has 0 bridgehead atoms. The van der Waals surface area contributed by atoms with Gasteiger partial charge in [0.1, 0.15) is 23.7 Å². The predicted octanol–water partition coefficient (Wildman–Crippen LogP) is 2.88. The van der Waals surface area contributed by atoms with E-state index in [1.807, 2.05) is 48.5 Å². The minimum Gasteiger partial charge on any atom is -0.464 e. The summed E-state index contributed by atoms with van der Waals surface area (Å²) in [6.45, 7) is 3.28. The van der Waals surface area contributed by atoms with Gasteiger partial charge in [0.15, 0.2) is 5.69 Å². The lowest BCUT2D eigenvalue weighted by Gasteiger charge is -2.17. The number of H-pyrrole nitrogens is 1. The Bertz CT molecular complexity index is 1260. The minimum atomic E-state index is -1.36. The van der Waals surface area contributed by atoms with Gasteiger partial charge in [-0.1, -0.05) is 36.4 Å². The van der Waals surface area contributed by atoms with Crippen molar-refractivity contribution in [2.24, 2.45) is 0 Å². The highest BCUT2D eigenvalue weighted by atomic mass is 16.5. The highest BCUT2D eigenvalue weighted by molar-refractivity contribution is 5.90. The van der Waals surface area contributed by atoms with Crippen LogP contribution in [0.3, 0.4) is 0 Å². The number of hydrogen-bond acceptors (Lipinski definition) is 8. The zero-order valence-electron chi connectivity index (χ0n) is 18.7. The van der Waals surface area contributed by atoms with Crippen molar-refractivity contribution in [1.29, 1.82) is 0 Å². The zero-order valence-corrected chi connectivity index (χ0v) is 18.7. The molecule has 0 unspecified atom stereocenters. The van der Waals surface area contributed by atoms with E-state index < -0.39 is 11.6 Å². The van der Waals surface area contributed by atoms with Crippen LogP contribution in [-0.4, -0.2) is 55.5 Å². The molecule has 10 heteroatoms. The van der Waals surface area contributed by atoms with E-state index in [1.54, 1.807) is 25.5 Å². The smallest absolute Gasteiger partial charge is 0.357 e. The van der Waals surface area contributed by atoms with Crippen LogP contribution in [0.25, 0.3) is 28.2 Å². The predicted molar refractivity (Wildman–Crippen MR) is 119 cm³/mol. The van der Waals surface area contributed by atoms with Crippen LogP contribution in [-0.2, 0) is 21.7 Å². The Morgan fingerprint density at radius 2 is 1.79 bits per heavy atom. The van der Waals surface area contributed by atoms with Gasteiger partial charge in [-0.15, -0.1) is 10.2 Å². The first-order valence-electron chi connectivity index (χ1n) is 10.2. The molecule has 0 radical (unpaired) electrons. The van der Waals surface area contributed by atoms with Crippen molar-refractivity contribution in [2.45, 2.75) is 26.1 Å². The Labute approximate surface area is 190 Å². The fourth-order valence-corrected chi connectivity index (χ4v) is 3.68. The molecule has 170 valence electrons. The van der Waals surface area contributed by atoms with E-state index in [1.165, 1.54) is 7.11 Å². The summed E-state index contributed by atoms with van der Waals surface area (Å²) in [5.41, 5.74) is 2.37. The molecule has 0 aliphatic rings. The molecule has 0 aliphatic carbocycles. The van der Waals surface area contributed by atoms with Gasteiger partial charge in [-0.3, -0.25) is 4.57 Å². The molecule has 0 spiro atoms. The van der Waals surface area contributed by atoms with Crippen molar-refractivity contribution >= 4 is 5.97 Å². The highest BCUT2D eigenvalue weighted by Crippen LogP contribution is 2.32. The maximum absolute atomic E-state index is 12.7. The van der Waals surface area contributed by atoms with Crippen molar-refractivity contribution in [3.8, 4) is 28.2 Å². The van der Waals surface area contributed by atoms with E-state index >= 15 is 0 Å². The number of aromatic amines is 1. The molecule has 2 aromatic carbocycles. The van der Waals surface area contributed by atoms with E-state index in [9.17, 15) is 9.90 Å². The van der Waals surface area contributed by atoms with E-state index in [2.05, 4.69) is 25.6 Å². The summed E-state index contributed by atoms with van der Waals surface area (Å²) in [7, 11) is 2.83. The molecule has 0 amide bonds. The summed E-state index contributed by atoms with van der Waals surface area (Å²) in [5, 5.41) is 24.9. The number of carbonyl (C=O) groups is 1. The van der Waals surface area contributed by atoms with Crippen molar-refractivity contribution < 1.29 is 19.4 Å². The van der Waals surface area contributed by atoms with Gasteiger partial charge in [0.05, 0.1) is 7.11 Å². The number of esters is 1. The molecule has 0 atom stereocenters. The van der Waals surface area contributed by atoms with Crippen LogP contribution in [0, 0.1) is 0 Å². The number of carbonyl (C=O) groups excluding carboxylic acids is 1. The summed E-state index contributed by atoms with van der Waals surface area (Å²) < 4.78 is 11.9. The van der Waals surface area contributed by atoms with Gasteiger partial charge < -0.3 is 14.6 Å². The lowest BCUT2D eigenvalue weighted by Crippen LogP contribution is -2.22. The lowest BCUT2D eigenvalue weighted by molar-refractivity contribution is 0.0535. The molecule has 4 rings (SSSR count). The van der Waals surface area contributed by atoms with E-state index in [0.717, 1.165) is 16.7 Å². The summed E-state index contributed by atoms with van der Waals surface area (Å²) in [6, 6.07) is 15.3. The van der Waals surface area contributed by atoms with Gasteiger partial charge in [-0.05, 0) is 42.3 Å². The van der Waals surface area contributed by atoms with Crippen LogP contribution >= 0.6 is 0 Å². The van der Waals surface area contributed by atoms with Crippen LogP contribution in [0.1, 0.15) is 35.9 Å². The fourth-order valence-electron chi connectivity index (χ4n) is 3.68. The first-order valence-corrected chi connectivity index (χ1v) is 10.2. The second-order valence-corrected chi connectivity index (χ2v) is 7.87. The molecule has 2 aromatic heterocycles. The van der Waals surface area contributed by atoms with Crippen LogP contribution < -0.4 is 0 Å². The third-order valence-corrected chi connectivity index (χ3v) is 5.13. The summed E-state index contributed by atoms with van der Waals surface area (Å²) in [4.78, 5) is 17.2. The fraction of sp³-hybridized carbons (Fsp3) is 0.261. The second kappa shape index (κ2) is 8.93. The first kappa shape index (κ1) is 22.3. The van der Waals surface area contributed by atoms with Crippen molar-refractivity contribution in [3.05, 3.63) is 65.7 Å². The van der Waals surface area contributed by atoms with Crippen LogP contribution in [0.15, 0.2) is 48.5 Å². The van der Waals surface area contributed by atoms with Gasteiger partial charge in [0, 0.05) is 18.4 Å². The second-order valence-electron chi connectivity index (χ2n) is 7.87. The maximum atomic E-state index is 12.7. The summed E-state index contributed by atoms with van der Waals surface area (Å²) in [5.74, 6) is 0.359. The van der Waals surface area contributed by atoms with Crippen molar-refractivity contribution in [2.75, 3.05) is 14.2 Å². The molecule has 0 fully saturated rings. The first-order chi connectivity index (χ1) is 15.8. The monoisotopic (exact) mass is 448 g/mol. The van der Waals surface area contributed by atoms with Crippen LogP contribution in [0.4, 0.5) is 0 Å². The number of hydrogen-bond donors (Lipinski definition) is 2. The number of aliphatic hydroxyl groups is 1. The number of imidazole rings is 1. The molecular weight excluding hydrogens is 424 g/mol. The molecule has 2 N–H and O–H groups in total. The molecular formula is C23H24N6O4. The number of rotatable bonds is 7. The largest absolute Gasteiger partial charge is 0.464 e. The molecule has 33 heavy (non-hydrogen) atoms. The molecule has 0 aliphatic heterocycles. The number of nitrogens with zero attached hydrogens (tertiary/aromatic N) is 5. The maximum Gasteiger partial charge on any atom is 0.357 e. The topological polar surface area (TPSA) is 128 Å². The minimum absolute atomic E-state index is 0.141. The average Bonchev–Trinajstić information content (AvgIpc) is 3.47. The van der Waals surface area contributed by atoms with Gasteiger partial charge in [0.25, 0.3) is 0 Å². The van der Waals surface area contributed by atoms with E-state index in [0.29, 0.717) is 17.3 Å².